The summed E-state index contributed by atoms with van der Waals surface area (Å²) in [5.41, 5.74) is 7.38. The number of halogens is 1. The lowest BCUT2D eigenvalue weighted by Crippen LogP contribution is -2.49. The van der Waals surface area contributed by atoms with Gasteiger partial charge in [0.1, 0.15) is 5.82 Å². The van der Waals surface area contributed by atoms with Gasteiger partial charge in [0.2, 0.25) is 5.91 Å². The van der Waals surface area contributed by atoms with Crippen molar-refractivity contribution in [1.29, 1.82) is 0 Å². The topological polar surface area (TPSA) is 20.3 Å². The Morgan fingerprint density at radius 3 is 1.69 bits per heavy atom. The smallest absolute Gasteiger partial charge is 0.232 e. The zero-order valence-corrected chi connectivity index (χ0v) is 24.2. The Labute approximate surface area is 247 Å². The maximum absolute atomic E-state index is 13.9. The molecule has 1 aliphatic rings. The van der Waals surface area contributed by atoms with E-state index >= 15 is 0 Å². The van der Waals surface area contributed by atoms with Crippen LogP contribution in [0.15, 0.2) is 140 Å². The van der Waals surface area contributed by atoms with E-state index in [1.54, 1.807) is 12.1 Å². The molecule has 1 aliphatic heterocycles. The van der Waals surface area contributed by atoms with Crippen LogP contribution in [0.4, 0.5) is 10.1 Å². The first kappa shape index (κ1) is 27.4. The van der Waals surface area contributed by atoms with Crippen LogP contribution in [0.3, 0.4) is 0 Å². The second-order valence-electron chi connectivity index (χ2n) is 11.6. The monoisotopic (exact) mass is 551 g/mol. The Bertz CT molecular complexity index is 1640. The number of hydrogen-bond donors (Lipinski definition) is 0. The molecule has 1 heterocycles. The fourth-order valence-corrected chi connectivity index (χ4v) is 6.64. The zero-order valence-electron chi connectivity index (χ0n) is 24.2. The molecule has 0 aliphatic carbocycles. The van der Waals surface area contributed by atoms with Crippen LogP contribution in [0.25, 0.3) is 5.57 Å². The third kappa shape index (κ3) is 4.75. The highest BCUT2D eigenvalue weighted by atomic mass is 19.1. The molecule has 42 heavy (non-hydrogen) atoms. The lowest BCUT2D eigenvalue weighted by Gasteiger charge is -2.43. The molecule has 0 radical (unpaired) electrons. The van der Waals surface area contributed by atoms with Crippen molar-refractivity contribution in [3.05, 3.63) is 179 Å². The van der Waals surface area contributed by atoms with Gasteiger partial charge in [0.15, 0.2) is 0 Å². The fourth-order valence-electron chi connectivity index (χ4n) is 6.64. The third-order valence-electron chi connectivity index (χ3n) is 8.38. The molecule has 0 fully saturated rings. The van der Waals surface area contributed by atoms with Crippen molar-refractivity contribution in [2.24, 2.45) is 0 Å². The lowest BCUT2D eigenvalue weighted by molar-refractivity contribution is -0.118. The van der Waals surface area contributed by atoms with E-state index in [1.165, 1.54) is 28.8 Å². The Balaban J connectivity index is 1.56. The average Bonchev–Trinajstić information content (AvgIpc) is 3.00. The molecule has 5 aromatic carbocycles. The molecular formula is C39H34FNO. The normalized spacial score (nSPS) is 14.2. The predicted molar refractivity (Wildman–Crippen MR) is 170 cm³/mol. The van der Waals surface area contributed by atoms with Gasteiger partial charge in [0.05, 0.1) is 23.1 Å². The summed E-state index contributed by atoms with van der Waals surface area (Å²) in [5.74, 6) is -0.329. The molecule has 0 N–H and O–H groups in total. The van der Waals surface area contributed by atoms with Crippen LogP contribution in [0, 0.1) is 5.82 Å². The summed E-state index contributed by atoms with van der Waals surface area (Å²) < 4.78 is 13.5. The number of anilines is 1. The number of hydrogen-bond acceptors (Lipinski definition) is 1. The van der Waals surface area contributed by atoms with Crippen molar-refractivity contribution < 1.29 is 9.18 Å². The lowest BCUT2D eigenvalue weighted by atomic mass is 9.64. The summed E-state index contributed by atoms with van der Waals surface area (Å²) >= 11 is 0. The summed E-state index contributed by atoms with van der Waals surface area (Å²) in [6.45, 7) is 6.26. The third-order valence-corrected chi connectivity index (χ3v) is 8.38. The molecule has 3 heteroatoms. The highest BCUT2D eigenvalue weighted by Crippen LogP contribution is 2.48. The van der Waals surface area contributed by atoms with E-state index in [2.05, 4.69) is 136 Å². The van der Waals surface area contributed by atoms with Gasteiger partial charge in [-0.05, 0) is 78.4 Å². The molecule has 0 spiro atoms. The minimum absolute atomic E-state index is 0.0233. The first-order chi connectivity index (χ1) is 20.3. The number of amides is 1. The van der Waals surface area contributed by atoms with E-state index in [1.807, 2.05) is 4.90 Å². The van der Waals surface area contributed by atoms with Crippen LogP contribution >= 0.6 is 0 Å². The fraction of sp³-hybridized carbons (Fsp3) is 0.154. The molecule has 0 saturated carbocycles. The molecule has 6 rings (SSSR count). The molecule has 0 aromatic heterocycles. The maximum atomic E-state index is 13.9. The summed E-state index contributed by atoms with van der Waals surface area (Å²) in [4.78, 5) is 15.8. The van der Waals surface area contributed by atoms with E-state index < -0.39 is 11.0 Å². The number of carbonyl (C=O) groups excluding carboxylic acids is 1. The maximum Gasteiger partial charge on any atom is 0.232 e. The van der Waals surface area contributed by atoms with Crippen molar-refractivity contribution in [2.45, 2.75) is 38.1 Å². The SMILES string of the molecule is CC1=CC(C)(C)N(C(=O)Cc2ccc(F)cc2)c2ccc(C(c3ccccc3)(c3ccccc3)c3ccccc3)cc21. The number of fused-ring (bicyclic) bond motifs is 1. The largest absolute Gasteiger partial charge is 0.302 e. The Hall–Kier alpha value is -4.76. The van der Waals surface area contributed by atoms with Crippen molar-refractivity contribution in [2.75, 3.05) is 4.90 Å². The van der Waals surface area contributed by atoms with Crippen LogP contribution in [0.2, 0.25) is 0 Å². The Morgan fingerprint density at radius 1 is 0.690 bits per heavy atom. The first-order valence-electron chi connectivity index (χ1n) is 14.4. The number of rotatable bonds is 6. The molecule has 0 unspecified atom stereocenters. The van der Waals surface area contributed by atoms with Gasteiger partial charge >= 0.3 is 0 Å². The van der Waals surface area contributed by atoms with Crippen molar-refractivity contribution in [3.8, 4) is 0 Å². The molecule has 208 valence electrons. The second-order valence-corrected chi connectivity index (χ2v) is 11.6. The molecular weight excluding hydrogens is 517 g/mol. The van der Waals surface area contributed by atoms with E-state index in [-0.39, 0.29) is 18.1 Å². The second kappa shape index (κ2) is 10.9. The minimum atomic E-state index is -0.574. The summed E-state index contributed by atoms with van der Waals surface area (Å²) in [5, 5.41) is 0. The molecule has 2 nitrogen and oxygen atoms in total. The minimum Gasteiger partial charge on any atom is -0.302 e. The molecule has 1 amide bonds. The van der Waals surface area contributed by atoms with Crippen molar-refractivity contribution >= 4 is 17.2 Å². The zero-order chi connectivity index (χ0) is 29.3. The van der Waals surface area contributed by atoms with Gasteiger partial charge in [-0.1, -0.05) is 115 Å². The number of benzene rings is 5. The highest BCUT2D eigenvalue weighted by Gasteiger charge is 2.41. The number of carbonyl (C=O) groups is 1. The van der Waals surface area contributed by atoms with E-state index in [0.717, 1.165) is 28.0 Å². The van der Waals surface area contributed by atoms with Gasteiger partial charge in [0.25, 0.3) is 0 Å². The van der Waals surface area contributed by atoms with Gasteiger partial charge in [-0.15, -0.1) is 0 Å². The molecule has 0 bridgehead atoms. The van der Waals surface area contributed by atoms with Gasteiger partial charge in [-0.3, -0.25) is 4.79 Å². The number of allylic oxidation sites excluding steroid dienone is 1. The molecule has 0 saturated heterocycles. The van der Waals surface area contributed by atoms with E-state index in [4.69, 9.17) is 0 Å². The van der Waals surface area contributed by atoms with Gasteiger partial charge < -0.3 is 4.90 Å². The molecule has 0 atom stereocenters. The number of nitrogens with zero attached hydrogens (tertiary/aromatic N) is 1. The van der Waals surface area contributed by atoms with Gasteiger partial charge in [-0.25, -0.2) is 4.39 Å². The summed E-state index contributed by atoms with van der Waals surface area (Å²) in [6, 6.07) is 44.6. The van der Waals surface area contributed by atoms with E-state index in [0.29, 0.717) is 0 Å². The van der Waals surface area contributed by atoms with Crippen LogP contribution in [-0.4, -0.2) is 11.4 Å². The Kier molecular flexibility index (Phi) is 7.12. The summed E-state index contributed by atoms with van der Waals surface area (Å²) in [6.07, 6.45) is 2.37. The quantitative estimate of drug-likeness (QED) is 0.193. The van der Waals surface area contributed by atoms with Gasteiger partial charge in [-0.2, -0.15) is 0 Å². The van der Waals surface area contributed by atoms with Gasteiger partial charge in [0, 0.05) is 5.56 Å². The highest BCUT2D eigenvalue weighted by molar-refractivity contribution is 6.01. The molecule has 5 aromatic rings. The van der Waals surface area contributed by atoms with Crippen molar-refractivity contribution in [1.82, 2.24) is 0 Å². The standard InChI is InChI=1S/C39H34FNO/c1-28-27-38(2,3)41(37(42)25-29-19-22-34(40)23-20-29)36-24-21-33(26-35(28)36)39(30-13-7-4-8-14-30,31-15-9-5-10-16-31)32-17-11-6-12-18-32/h4-24,26-27H,25H2,1-3H3. The predicted octanol–water partition coefficient (Wildman–Crippen LogP) is 8.98. The average molecular weight is 552 g/mol. The van der Waals surface area contributed by atoms with Crippen LogP contribution < -0.4 is 4.90 Å². The van der Waals surface area contributed by atoms with E-state index in [9.17, 15) is 9.18 Å². The Morgan fingerprint density at radius 2 is 1.19 bits per heavy atom. The van der Waals surface area contributed by atoms with Crippen LogP contribution in [0.1, 0.15) is 54.2 Å². The van der Waals surface area contributed by atoms with Crippen molar-refractivity contribution in [3.63, 3.8) is 0 Å². The van der Waals surface area contributed by atoms with Crippen LogP contribution in [-0.2, 0) is 16.6 Å². The summed E-state index contributed by atoms with van der Waals surface area (Å²) in [7, 11) is 0. The first-order valence-corrected chi connectivity index (χ1v) is 14.4. The van der Waals surface area contributed by atoms with Crippen LogP contribution in [0.5, 0.6) is 0 Å².